The molecular weight excluding hydrogens is 451 g/mol. The van der Waals surface area contributed by atoms with Gasteiger partial charge in [0.2, 0.25) is 5.91 Å². The van der Waals surface area contributed by atoms with Gasteiger partial charge in [0, 0.05) is 7.05 Å². The van der Waals surface area contributed by atoms with Gasteiger partial charge in [0.1, 0.15) is 12.4 Å². The van der Waals surface area contributed by atoms with Crippen molar-refractivity contribution in [3.8, 4) is 11.5 Å². The Kier molecular flexibility index (Phi) is 6.23. The Morgan fingerprint density at radius 2 is 1.66 bits per heavy atom. The second-order valence-corrected chi connectivity index (χ2v) is 8.44. The van der Waals surface area contributed by atoms with Crippen molar-refractivity contribution < 1.29 is 28.3 Å². The molecule has 8 heteroatoms. The SMILES string of the molecule is CCOc1cc([C@H]2[C@H]3C(=O)N(c4ccc(F)cc4)C(=O)[C@H]3ON2C)ccc1OCc1ccccc1. The highest BCUT2D eigenvalue weighted by Crippen LogP contribution is 2.46. The van der Waals surface area contributed by atoms with Gasteiger partial charge >= 0.3 is 0 Å². The summed E-state index contributed by atoms with van der Waals surface area (Å²) in [6, 6.07) is 20.1. The first-order valence-corrected chi connectivity index (χ1v) is 11.4. The first kappa shape index (κ1) is 23.0. The lowest BCUT2D eigenvalue weighted by atomic mass is 9.91. The van der Waals surface area contributed by atoms with E-state index in [2.05, 4.69) is 0 Å². The number of carbonyl (C=O) groups excluding carboxylic acids is 2. The summed E-state index contributed by atoms with van der Waals surface area (Å²) in [5, 5.41) is 1.54. The van der Waals surface area contributed by atoms with Gasteiger partial charge in [-0.05, 0) is 54.4 Å². The van der Waals surface area contributed by atoms with E-state index in [0.717, 1.165) is 16.0 Å². The molecule has 2 fully saturated rings. The van der Waals surface area contributed by atoms with E-state index in [9.17, 15) is 14.0 Å². The Morgan fingerprint density at radius 3 is 2.37 bits per heavy atom. The van der Waals surface area contributed by atoms with E-state index in [0.29, 0.717) is 30.4 Å². The summed E-state index contributed by atoms with van der Waals surface area (Å²) < 4.78 is 25.2. The fraction of sp³-hybridized carbons (Fsp3) is 0.259. The second-order valence-electron chi connectivity index (χ2n) is 8.44. The van der Waals surface area contributed by atoms with E-state index < -0.39 is 29.8 Å². The van der Waals surface area contributed by atoms with Gasteiger partial charge in [0.05, 0.1) is 24.3 Å². The summed E-state index contributed by atoms with van der Waals surface area (Å²) in [5.41, 5.74) is 2.11. The van der Waals surface area contributed by atoms with E-state index in [4.69, 9.17) is 14.3 Å². The quantitative estimate of drug-likeness (QED) is 0.474. The zero-order valence-electron chi connectivity index (χ0n) is 19.4. The van der Waals surface area contributed by atoms with Crippen molar-refractivity contribution in [3.63, 3.8) is 0 Å². The number of imide groups is 1. The molecular formula is C27H25FN2O5. The van der Waals surface area contributed by atoms with Crippen molar-refractivity contribution in [2.75, 3.05) is 18.6 Å². The molecule has 2 heterocycles. The fourth-order valence-corrected chi connectivity index (χ4v) is 4.64. The molecule has 7 nitrogen and oxygen atoms in total. The molecule has 180 valence electrons. The Hall–Kier alpha value is -3.75. The van der Waals surface area contributed by atoms with Crippen molar-refractivity contribution in [2.45, 2.75) is 25.7 Å². The highest BCUT2D eigenvalue weighted by molar-refractivity contribution is 6.23. The van der Waals surface area contributed by atoms with Gasteiger partial charge in [-0.25, -0.2) is 9.29 Å². The number of anilines is 1. The summed E-state index contributed by atoms with van der Waals surface area (Å²) in [6.45, 7) is 2.70. The summed E-state index contributed by atoms with van der Waals surface area (Å²) in [4.78, 5) is 33.4. The summed E-state index contributed by atoms with van der Waals surface area (Å²) in [5.74, 6) is -0.913. The Bertz CT molecular complexity index is 1230. The third-order valence-corrected chi connectivity index (χ3v) is 6.24. The maximum atomic E-state index is 13.4. The van der Waals surface area contributed by atoms with Crippen LogP contribution in [0.15, 0.2) is 72.8 Å². The van der Waals surface area contributed by atoms with Gasteiger partial charge in [-0.2, -0.15) is 5.06 Å². The maximum Gasteiger partial charge on any atom is 0.265 e. The molecule has 0 radical (unpaired) electrons. The van der Waals surface area contributed by atoms with E-state index in [1.807, 2.05) is 55.5 Å². The number of ether oxygens (including phenoxy) is 2. The molecule has 2 aliphatic heterocycles. The molecule has 3 aromatic carbocycles. The predicted molar refractivity (Wildman–Crippen MR) is 126 cm³/mol. The third-order valence-electron chi connectivity index (χ3n) is 6.24. The van der Waals surface area contributed by atoms with Crippen molar-refractivity contribution in [2.24, 2.45) is 5.92 Å². The molecule has 2 amide bonds. The number of hydroxylamine groups is 2. The van der Waals surface area contributed by atoms with Crippen LogP contribution in [0.5, 0.6) is 11.5 Å². The largest absolute Gasteiger partial charge is 0.490 e. The van der Waals surface area contributed by atoms with Gasteiger partial charge in [0.25, 0.3) is 5.91 Å². The van der Waals surface area contributed by atoms with Crippen LogP contribution < -0.4 is 14.4 Å². The Balaban J connectivity index is 1.42. The minimum atomic E-state index is -0.952. The molecule has 5 rings (SSSR count). The maximum absolute atomic E-state index is 13.4. The molecule has 0 aliphatic carbocycles. The number of nitrogens with zero attached hydrogens (tertiary/aromatic N) is 2. The lowest BCUT2D eigenvalue weighted by molar-refractivity contribution is -0.160. The average Bonchev–Trinajstić information content (AvgIpc) is 3.33. The smallest absolute Gasteiger partial charge is 0.265 e. The summed E-state index contributed by atoms with van der Waals surface area (Å²) in [7, 11) is 1.70. The fourth-order valence-electron chi connectivity index (χ4n) is 4.64. The lowest BCUT2D eigenvalue weighted by Crippen LogP contribution is -2.36. The van der Waals surface area contributed by atoms with Gasteiger partial charge in [-0.3, -0.25) is 14.4 Å². The molecule has 0 spiro atoms. The molecule has 2 saturated heterocycles. The van der Waals surface area contributed by atoms with Crippen LogP contribution in [-0.4, -0.2) is 36.6 Å². The highest BCUT2D eigenvalue weighted by Gasteiger charge is 2.59. The van der Waals surface area contributed by atoms with Gasteiger partial charge in [-0.15, -0.1) is 0 Å². The molecule has 0 aromatic heterocycles. The van der Waals surface area contributed by atoms with Crippen molar-refractivity contribution in [1.29, 1.82) is 0 Å². The number of hydrogen-bond acceptors (Lipinski definition) is 6. The van der Waals surface area contributed by atoms with Crippen LogP contribution in [0.25, 0.3) is 0 Å². The Labute approximate surface area is 202 Å². The number of benzene rings is 3. The monoisotopic (exact) mass is 476 g/mol. The standard InChI is InChI=1S/C27H25FN2O5/c1-3-33-22-15-18(9-14-21(22)34-16-17-7-5-4-6-8-17)24-23-25(35-29(24)2)27(32)30(26(23)31)20-12-10-19(28)11-13-20/h4-15,23-25H,3,16H2,1-2H3/t23-,24+,25+/m1/s1. The van der Waals surface area contributed by atoms with Gasteiger partial charge in [0.15, 0.2) is 17.6 Å². The van der Waals surface area contributed by atoms with Crippen LogP contribution in [0.1, 0.15) is 24.1 Å². The number of amides is 2. The average molecular weight is 477 g/mol. The lowest BCUT2D eigenvalue weighted by Gasteiger charge is -2.25. The number of carbonyl (C=O) groups is 2. The third kappa shape index (κ3) is 4.26. The molecule has 0 unspecified atom stereocenters. The van der Waals surface area contributed by atoms with Crippen molar-refractivity contribution in [1.82, 2.24) is 5.06 Å². The van der Waals surface area contributed by atoms with E-state index in [1.54, 1.807) is 12.1 Å². The predicted octanol–water partition coefficient (Wildman–Crippen LogP) is 4.28. The van der Waals surface area contributed by atoms with Crippen molar-refractivity contribution >= 4 is 17.5 Å². The van der Waals surface area contributed by atoms with Crippen LogP contribution >= 0.6 is 0 Å². The number of halogens is 1. The van der Waals surface area contributed by atoms with Gasteiger partial charge in [-0.1, -0.05) is 36.4 Å². The van der Waals surface area contributed by atoms with Crippen LogP contribution in [0.2, 0.25) is 0 Å². The topological polar surface area (TPSA) is 68.3 Å². The van der Waals surface area contributed by atoms with E-state index in [-0.39, 0.29) is 5.91 Å². The second kappa shape index (κ2) is 9.48. The van der Waals surface area contributed by atoms with Gasteiger partial charge < -0.3 is 9.47 Å². The minimum Gasteiger partial charge on any atom is -0.490 e. The normalized spacial score (nSPS) is 21.9. The van der Waals surface area contributed by atoms with Crippen LogP contribution in [0.3, 0.4) is 0 Å². The molecule has 0 N–H and O–H groups in total. The molecule has 2 aliphatic rings. The summed E-state index contributed by atoms with van der Waals surface area (Å²) >= 11 is 0. The summed E-state index contributed by atoms with van der Waals surface area (Å²) in [6.07, 6.45) is -0.952. The molecule has 35 heavy (non-hydrogen) atoms. The Morgan fingerprint density at radius 1 is 0.914 bits per heavy atom. The van der Waals surface area contributed by atoms with E-state index in [1.165, 1.54) is 24.3 Å². The molecule has 0 saturated carbocycles. The highest BCUT2D eigenvalue weighted by atomic mass is 19.1. The number of fused-ring (bicyclic) bond motifs is 1. The number of rotatable bonds is 7. The molecule has 0 bridgehead atoms. The minimum absolute atomic E-state index is 0.320. The van der Waals surface area contributed by atoms with Crippen molar-refractivity contribution in [3.05, 3.63) is 89.7 Å². The van der Waals surface area contributed by atoms with E-state index >= 15 is 0 Å². The number of hydrogen-bond donors (Lipinski definition) is 0. The zero-order valence-corrected chi connectivity index (χ0v) is 19.4. The van der Waals surface area contributed by atoms with Crippen LogP contribution in [0, 0.1) is 11.7 Å². The molecule has 3 aromatic rings. The van der Waals surface area contributed by atoms with Crippen LogP contribution in [-0.2, 0) is 21.0 Å². The van der Waals surface area contributed by atoms with Crippen LogP contribution in [0.4, 0.5) is 10.1 Å². The molecule has 3 atom stereocenters. The first-order chi connectivity index (χ1) is 17.0. The zero-order chi connectivity index (χ0) is 24.5. The first-order valence-electron chi connectivity index (χ1n) is 11.4.